The van der Waals surface area contributed by atoms with Crippen molar-refractivity contribution in [2.45, 2.75) is 26.2 Å². The second-order valence-corrected chi connectivity index (χ2v) is 5.02. The summed E-state index contributed by atoms with van der Waals surface area (Å²) in [6.07, 6.45) is 0. The summed E-state index contributed by atoms with van der Waals surface area (Å²) in [5.74, 6) is -1.17. The smallest absolute Gasteiger partial charge is 0.0878 e. The minimum Gasteiger partial charge on any atom is -0.543 e. The number of carboxylic acids is 1. The molecule has 3 nitrogen and oxygen atoms in total. The Morgan fingerprint density at radius 3 is 2.50 bits per heavy atom. The molecule has 0 saturated carbocycles. The average Bonchev–Trinajstić information content (AvgIpc) is 2.58. The van der Waals surface area contributed by atoms with Crippen LogP contribution >= 0.6 is 0 Å². The molecule has 3 heteroatoms. The lowest BCUT2D eigenvalue weighted by molar-refractivity contribution is -0.255. The van der Waals surface area contributed by atoms with E-state index < -0.39 is 5.97 Å². The fourth-order valence-corrected chi connectivity index (χ4v) is 1.70. The number of nitrogens with one attached hydrogen (secondary N) is 1. The lowest BCUT2D eigenvalue weighted by Gasteiger charge is -2.18. The van der Waals surface area contributed by atoms with Crippen LogP contribution in [-0.2, 0) is 5.41 Å². The zero-order valence-electron chi connectivity index (χ0n) is 9.63. The molecule has 0 amide bonds. The van der Waals surface area contributed by atoms with Crippen LogP contribution < -0.4 is 5.11 Å². The van der Waals surface area contributed by atoms with Crippen molar-refractivity contribution in [3.05, 3.63) is 35.5 Å². The number of hydrogen-bond acceptors (Lipinski definition) is 2. The van der Waals surface area contributed by atoms with Crippen molar-refractivity contribution in [2.24, 2.45) is 0 Å². The molecule has 1 N–H and O–H groups in total. The predicted octanol–water partition coefficient (Wildman–Crippen LogP) is 1.83. The Bertz CT molecular complexity index is 547. The van der Waals surface area contributed by atoms with Crippen LogP contribution in [0.2, 0.25) is 0 Å². The van der Waals surface area contributed by atoms with Gasteiger partial charge in [0.2, 0.25) is 0 Å². The quantitative estimate of drug-likeness (QED) is 0.790. The second kappa shape index (κ2) is 3.37. The summed E-state index contributed by atoms with van der Waals surface area (Å²) in [5.41, 5.74) is 2.19. The summed E-state index contributed by atoms with van der Waals surface area (Å²) in [5, 5.41) is 11.6. The minimum absolute atomic E-state index is 0.0565. The molecule has 0 unspecified atom stereocenters. The van der Waals surface area contributed by atoms with Crippen molar-refractivity contribution in [3.8, 4) is 0 Å². The molecule has 1 aromatic carbocycles. The third-order valence-electron chi connectivity index (χ3n) is 2.71. The molecular weight excluding hydrogens is 202 g/mol. The van der Waals surface area contributed by atoms with Gasteiger partial charge in [0.15, 0.2) is 0 Å². The highest BCUT2D eigenvalue weighted by Crippen LogP contribution is 2.26. The van der Waals surface area contributed by atoms with Gasteiger partial charge in [-0.25, -0.2) is 0 Å². The molecule has 0 bridgehead atoms. The van der Waals surface area contributed by atoms with Crippen molar-refractivity contribution < 1.29 is 9.90 Å². The Kier molecular flexibility index (Phi) is 2.26. The van der Waals surface area contributed by atoms with Crippen LogP contribution in [0.3, 0.4) is 0 Å². The molecule has 1 heterocycles. The van der Waals surface area contributed by atoms with E-state index in [0.29, 0.717) is 0 Å². The first-order valence-corrected chi connectivity index (χ1v) is 5.22. The van der Waals surface area contributed by atoms with Crippen molar-refractivity contribution in [1.29, 1.82) is 0 Å². The third-order valence-corrected chi connectivity index (χ3v) is 2.71. The number of aromatic carboxylic acids is 1. The van der Waals surface area contributed by atoms with Crippen LogP contribution in [0.5, 0.6) is 0 Å². The molecule has 0 saturated heterocycles. The molecule has 0 aliphatic carbocycles. The van der Waals surface area contributed by atoms with Gasteiger partial charge in [-0.15, -0.1) is 0 Å². The molecule has 0 radical (unpaired) electrons. The number of H-pyrrole nitrogens is 1. The average molecular weight is 216 g/mol. The van der Waals surface area contributed by atoms with Crippen molar-refractivity contribution in [2.75, 3.05) is 0 Å². The lowest BCUT2D eigenvalue weighted by Crippen LogP contribution is -2.22. The van der Waals surface area contributed by atoms with Gasteiger partial charge in [-0.05, 0) is 23.1 Å². The number of aromatic amines is 1. The molecule has 1 aromatic heterocycles. The first kappa shape index (κ1) is 10.7. The summed E-state index contributed by atoms with van der Waals surface area (Å²) < 4.78 is 0. The van der Waals surface area contributed by atoms with Crippen LogP contribution in [0, 0.1) is 0 Å². The maximum absolute atomic E-state index is 10.7. The van der Waals surface area contributed by atoms with Crippen molar-refractivity contribution >= 4 is 16.9 Å². The number of carboxylic acid groups (broad SMARTS) is 1. The molecule has 2 rings (SSSR count). The molecule has 0 fully saturated rings. The van der Waals surface area contributed by atoms with Gasteiger partial charge in [0.25, 0.3) is 0 Å². The Labute approximate surface area is 94.1 Å². The monoisotopic (exact) mass is 216 g/mol. The highest BCUT2D eigenvalue weighted by Gasteiger charge is 2.14. The zero-order chi connectivity index (χ0) is 11.9. The number of carbonyl (C=O) groups is 1. The SMILES string of the molecule is CC(C)(C)c1ccc2cc(C(=O)[O-])[nH]c2c1. The van der Waals surface area contributed by atoms with E-state index in [-0.39, 0.29) is 11.1 Å². The van der Waals surface area contributed by atoms with Crippen LogP contribution in [0.25, 0.3) is 10.9 Å². The van der Waals surface area contributed by atoms with Gasteiger partial charge in [0.1, 0.15) is 0 Å². The number of aromatic nitrogens is 1. The van der Waals surface area contributed by atoms with E-state index in [1.165, 1.54) is 5.56 Å². The first-order chi connectivity index (χ1) is 7.38. The Morgan fingerprint density at radius 2 is 1.94 bits per heavy atom. The molecule has 0 atom stereocenters. The molecule has 2 aromatic rings. The van der Waals surface area contributed by atoms with Crippen LogP contribution in [0.4, 0.5) is 0 Å². The van der Waals surface area contributed by atoms with Gasteiger partial charge in [0, 0.05) is 10.9 Å². The van der Waals surface area contributed by atoms with E-state index in [9.17, 15) is 9.90 Å². The van der Waals surface area contributed by atoms with Gasteiger partial charge >= 0.3 is 0 Å². The fourth-order valence-electron chi connectivity index (χ4n) is 1.70. The summed E-state index contributed by atoms with van der Waals surface area (Å²) in [6.45, 7) is 6.37. The largest absolute Gasteiger partial charge is 0.543 e. The summed E-state index contributed by atoms with van der Waals surface area (Å²) in [7, 11) is 0. The number of rotatable bonds is 1. The van der Waals surface area contributed by atoms with Crippen LogP contribution in [0.15, 0.2) is 24.3 Å². The van der Waals surface area contributed by atoms with Gasteiger partial charge in [0.05, 0.1) is 11.7 Å². The molecule has 0 spiro atoms. The number of carbonyl (C=O) groups excluding carboxylic acids is 1. The van der Waals surface area contributed by atoms with Gasteiger partial charge in [-0.2, -0.15) is 0 Å². The summed E-state index contributed by atoms with van der Waals surface area (Å²) in [6, 6.07) is 7.53. The maximum Gasteiger partial charge on any atom is 0.0878 e. The van der Waals surface area contributed by atoms with Gasteiger partial charge < -0.3 is 14.9 Å². The second-order valence-electron chi connectivity index (χ2n) is 5.02. The van der Waals surface area contributed by atoms with E-state index in [4.69, 9.17) is 0 Å². The molecule has 16 heavy (non-hydrogen) atoms. The normalized spacial score (nSPS) is 11.9. The Morgan fingerprint density at radius 1 is 1.25 bits per heavy atom. The summed E-state index contributed by atoms with van der Waals surface area (Å²) in [4.78, 5) is 13.6. The van der Waals surface area contributed by atoms with Crippen molar-refractivity contribution in [3.63, 3.8) is 0 Å². The topological polar surface area (TPSA) is 55.9 Å². The highest BCUT2D eigenvalue weighted by atomic mass is 16.4. The molecule has 0 aliphatic heterocycles. The number of benzene rings is 1. The lowest BCUT2D eigenvalue weighted by atomic mass is 9.87. The Balaban J connectivity index is 2.58. The van der Waals surface area contributed by atoms with Crippen LogP contribution in [-0.4, -0.2) is 11.0 Å². The summed E-state index contributed by atoms with van der Waals surface area (Å²) >= 11 is 0. The fraction of sp³-hybridized carbons (Fsp3) is 0.308. The van der Waals surface area contributed by atoms with E-state index in [0.717, 1.165) is 10.9 Å². The third kappa shape index (κ3) is 1.81. The molecule has 0 aliphatic rings. The van der Waals surface area contributed by atoms with E-state index in [1.807, 2.05) is 18.2 Å². The zero-order valence-corrected chi connectivity index (χ0v) is 9.63. The molecule has 84 valence electrons. The Hall–Kier alpha value is -1.77. The maximum atomic E-state index is 10.7. The highest BCUT2D eigenvalue weighted by molar-refractivity contribution is 5.92. The van der Waals surface area contributed by atoms with E-state index >= 15 is 0 Å². The first-order valence-electron chi connectivity index (χ1n) is 5.22. The van der Waals surface area contributed by atoms with E-state index in [2.05, 4.69) is 25.8 Å². The van der Waals surface area contributed by atoms with E-state index in [1.54, 1.807) is 6.07 Å². The molecular formula is C13H14NO2-. The van der Waals surface area contributed by atoms with Crippen LogP contribution in [0.1, 0.15) is 36.8 Å². The predicted molar refractivity (Wildman–Crippen MR) is 61.3 cm³/mol. The number of fused-ring (bicyclic) bond motifs is 1. The van der Waals surface area contributed by atoms with Crippen molar-refractivity contribution in [1.82, 2.24) is 4.98 Å². The van der Waals surface area contributed by atoms with Gasteiger partial charge in [-0.1, -0.05) is 32.9 Å². The van der Waals surface area contributed by atoms with Gasteiger partial charge in [-0.3, -0.25) is 0 Å². The minimum atomic E-state index is -1.17. The number of hydrogen-bond donors (Lipinski definition) is 1. The standard InChI is InChI=1S/C13H15NO2/c1-13(2,3)9-5-4-8-6-11(12(15)16)14-10(8)7-9/h4-7,14H,1-3H3,(H,15,16)/p-1.